The fourth-order valence-electron chi connectivity index (χ4n) is 4.38. The molecule has 4 aromatic rings. The number of methoxy groups -OCH3 is 1. The smallest absolute Gasteiger partial charge is 0.280 e. The van der Waals surface area contributed by atoms with Crippen molar-refractivity contribution in [1.82, 2.24) is 24.5 Å². The number of nitro groups is 1. The Hall–Kier alpha value is -3.83. The largest absolute Gasteiger partial charge is 0.375 e. The molecule has 0 bridgehead atoms. The molecule has 2 aromatic carbocycles. The third-order valence-electron chi connectivity index (χ3n) is 6.03. The third kappa shape index (κ3) is 4.24. The highest BCUT2D eigenvalue weighted by Gasteiger charge is 2.26. The SMILES string of the molecule is COCC(=O)N1CCCN(c2nc3cc(Cl)ccc3c3nnc(-c4ccccc4[N+](=O)[O-])n23)CC1. The molecule has 1 amide bonds. The number of anilines is 1. The number of nitrogens with zero attached hydrogens (tertiary/aromatic N) is 7. The van der Waals surface area contributed by atoms with E-state index >= 15 is 0 Å². The molecule has 2 aromatic heterocycles. The van der Waals surface area contributed by atoms with Crippen molar-refractivity contribution in [2.75, 3.05) is 44.8 Å². The topological polar surface area (TPSA) is 119 Å². The summed E-state index contributed by atoms with van der Waals surface area (Å²) in [5, 5.41) is 21.8. The number of fused-ring (bicyclic) bond motifs is 3. The highest BCUT2D eigenvalue weighted by molar-refractivity contribution is 6.31. The summed E-state index contributed by atoms with van der Waals surface area (Å²) in [4.78, 5) is 32.4. The molecule has 11 nitrogen and oxygen atoms in total. The molecular formula is C23H22ClN7O4. The Morgan fingerprint density at radius 1 is 1.14 bits per heavy atom. The number of carbonyl (C=O) groups excluding carboxylic acids is 1. The third-order valence-corrected chi connectivity index (χ3v) is 6.26. The van der Waals surface area contributed by atoms with Crippen molar-refractivity contribution in [2.24, 2.45) is 0 Å². The summed E-state index contributed by atoms with van der Waals surface area (Å²) in [5.41, 5.74) is 1.42. The first kappa shape index (κ1) is 22.9. The fraction of sp³-hybridized carbons (Fsp3) is 0.304. The molecule has 0 aliphatic carbocycles. The molecule has 1 saturated heterocycles. The Morgan fingerprint density at radius 3 is 2.77 bits per heavy atom. The predicted octanol–water partition coefficient (Wildman–Crippen LogP) is 3.19. The van der Waals surface area contributed by atoms with Crippen LogP contribution < -0.4 is 4.90 Å². The van der Waals surface area contributed by atoms with Gasteiger partial charge in [0.25, 0.3) is 5.69 Å². The van der Waals surface area contributed by atoms with Crippen molar-refractivity contribution < 1.29 is 14.5 Å². The molecule has 0 N–H and O–H groups in total. The van der Waals surface area contributed by atoms with E-state index in [-0.39, 0.29) is 18.2 Å². The maximum Gasteiger partial charge on any atom is 0.280 e. The minimum atomic E-state index is -0.435. The van der Waals surface area contributed by atoms with Gasteiger partial charge in [-0.1, -0.05) is 23.7 Å². The van der Waals surface area contributed by atoms with E-state index < -0.39 is 4.92 Å². The van der Waals surface area contributed by atoms with Gasteiger partial charge in [-0.05, 0) is 30.7 Å². The van der Waals surface area contributed by atoms with Crippen LogP contribution in [0.4, 0.5) is 11.6 Å². The lowest BCUT2D eigenvalue weighted by molar-refractivity contribution is -0.384. The summed E-state index contributed by atoms with van der Waals surface area (Å²) >= 11 is 6.25. The van der Waals surface area contributed by atoms with Gasteiger partial charge in [-0.2, -0.15) is 0 Å². The minimum Gasteiger partial charge on any atom is -0.375 e. The van der Waals surface area contributed by atoms with Crippen LogP contribution in [0.15, 0.2) is 42.5 Å². The molecule has 1 fully saturated rings. The molecule has 1 aliphatic rings. The standard InChI is InChI=1S/C23H22ClN7O4/c1-35-14-20(32)28-9-4-10-29(12-11-28)23-25-18-13-15(24)7-8-16(18)21-26-27-22(30(21)23)17-5-2-3-6-19(17)31(33)34/h2-3,5-8,13H,4,9-12,14H2,1H3. The second-order valence-corrected chi connectivity index (χ2v) is 8.62. The molecule has 1 aliphatic heterocycles. The number of amides is 1. The molecule has 3 heterocycles. The van der Waals surface area contributed by atoms with Crippen LogP contribution in [0.1, 0.15) is 6.42 Å². The number of hydrogen-bond acceptors (Lipinski definition) is 8. The van der Waals surface area contributed by atoms with Gasteiger partial charge in [0.2, 0.25) is 11.9 Å². The number of halogens is 1. The van der Waals surface area contributed by atoms with E-state index in [0.717, 1.165) is 11.8 Å². The average Bonchev–Trinajstić information content (AvgIpc) is 3.14. The van der Waals surface area contributed by atoms with Gasteiger partial charge in [-0.15, -0.1) is 10.2 Å². The summed E-state index contributed by atoms with van der Waals surface area (Å²) < 4.78 is 6.76. The number of ether oxygens (including phenoxy) is 1. The predicted molar refractivity (Wildman–Crippen MR) is 131 cm³/mol. The summed E-state index contributed by atoms with van der Waals surface area (Å²) in [7, 11) is 1.50. The maximum atomic E-state index is 12.4. The molecule has 180 valence electrons. The average molecular weight is 496 g/mol. The summed E-state index contributed by atoms with van der Waals surface area (Å²) in [6.45, 7) is 2.25. The van der Waals surface area contributed by atoms with Crippen LogP contribution in [-0.2, 0) is 9.53 Å². The molecule has 0 spiro atoms. The number of carbonyl (C=O) groups is 1. The van der Waals surface area contributed by atoms with Gasteiger partial charge >= 0.3 is 0 Å². The van der Waals surface area contributed by atoms with E-state index in [2.05, 4.69) is 15.1 Å². The van der Waals surface area contributed by atoms with E-state index in [0.29, 0.717) is 59.7 Å². The Labute approximate surface area is 205 Å². The van der Waals surface area contributed by atoms with E-state index in [9.17, 15) is 14.9 Å². The number of aromatic nitrogens is 4. The van der Waals surface area contributed by atoms with Gasteiger partial charge in [0, 0.05) is 49.8 Å². The molecule has 0 unspecified atom stereocenters. The van der Waals surface area contributed by atoms with Crippen molar-refractivity contribution in [3.8, 4) is 11.4 Å². The van der Waals surface area contributed by atoms with Gasteiger partial charge in [0.15, 0.2) is 11.5 Å². The van der Waals surface area contributed by atoms with Crippen molar-refractivity contribution in [3.63, 3.8) is 0 Å². The van der Waals surface area contributed by atoms with Gasteiger partial charge < -0.3 is 14.5 Å². The van der Waals surface area contributed by atoms with E-state index in [1.807, 2.05) is 6.07 Å². The summed E-state index contributed by atoms with van der Waals surface area (Å²) in [6, 6.07) is 11.7. The lowest BCUT2D eigenvalue weighted by Crippen LogP contribution is -2.37. The lowest BCUT2D eigenvalue weighted by atomic mass is 10.1. The Balaban J connectivity index is 1.68. The van der Waals surface area contributed by atoms with Crippen LogP contribution in [-0.4, -0.2) is 75.2 Å². The summed E-state index contributed by atoms with van der Waals surface area (Å²) in [6.07, 6.45) is 0.717. The van der Waals surface area contributed by atoms with Crippen LogP contribution in [0, 0.1) is 10.1 Å². The van der Waals surface area contributed by atoms with E-state index in [4.69, 9.17) is 21.3 Å². The second-order valence-electron chi connectivity index (χ2n) is 8.18. The van der Waals surface area contributed by atoms with Gasteiger partial charge in [0.05, 0.1) is 16.0 Å². The van der Waals surface area contributed by atoms with Crippen LogP contribution in [0.2, 0.25) is 5.02 Å². The number of rotatable bonds is 5. The fourth-order valence-corrected chi connectivity index (χ4v) is 4.55. The van der Waals surface area contributed by atoms with Crippen molar-refractivity contribution in [2.45, 2.75) is 6.42 Å². The number of nitro benzene ring substituents is 1. The van der Waals surface area contributed by atoms with Crippen LogP contribution >= 0.6 is 11.6 Å². The second kappa shape index (κ2) is 9.43. The van der Waals surface area contributed by atoms with Crippen molar-refractivity contribution >= 4 is 45.7 Å². The first-order chi connectivity index (χ1) is 17.0. The van der Waals surface area contributed by atoms with Crippen LogP contribution in [0.3, 0.4) is 0 Å². The highest BCUT2D eigenvalue weighted by Crippen LogP contribution is 2.33. The normalized spacial score (nSPS) is 14.5. The monoisotopic (exact) mass is 495 g/mol. The zero-order valence-corrected chi connectivity index (χ0v) is 19.7. The first-order valence-corrected chi connectivity index (χ1v) is 11.5. The van der Waals surface area contributed by atoms with E-state index in [1.165, 1.54) is 13.2 Å². The molecule has 0 saturated carbocycles. The minimum absolute atomic E-state index is 0.0320. The lowest BCUT2D eigenvalue weighted by Gasteiger charge is -2.24. The molecular weight excluding hydrogens is 474 g/mol. The van der Waals surface area contributed by atoms with Crippen molar-refractivity contribution in [1.29, 1.82) is 0 Å². The Morgan fingerprint density at radius 2 is 1.97 bits per heavy atom. The molecule has 5 rings (SSSR count). The van der Waals surface area contributed by atoms with Crippen molar-refractivity contribution in [3.05, 3.63) is 57.6 Å². The molecule has 35 heavy (non-hydrogen) atoms. The quantitative estimate of drug-likeness (QED) is 0.306. The summed E-state index contributed by atoms with van der Waals surface area (Å²) in [5.74, 6) is 0.791. The number of benzene rings is 2. The molecule has 0 atom stereocenters. The zero-order valence-electron chi connectivity index (χ0n) is 18.9. The van der Waals surface area contributed by atoms with Gasteiger partial charge in [0.1, 0.15) is 6.61 Å². The molecule has 12 heteroatoms. The van der Waals surface area contributed by atoms with Gasteiger partial charge in [-0.25, -0.2) is 9.38 Å². The zero-order chi connectivity index (χ0) is 24.5. The van der Waals surface area contributed by atoms with E-state index in [1.54, 1.807) is 39.6 Å². The Bertz CT molecular complexity index is 1440. The van der Waals surface area contributed by atoms with Crippen LogP contribution in [0.25, 0.3) is 27.9 Å². The van der Waals surface area contributed by atoms with Crippen LogP contribution in [0.5, 0.6) is 0 Å². The van der Waals surface area contributed by atoms with Gasteiger partial charge in [-0.3, -0.25) is 14.9 Å². The Kier molecular flexibility index (Phi) is 6.18. The maximum absolute atomic E-state index is 12.4. The number of hydrogen-bond donors (Lipinski definition) is 0. The molecule has 0 radical (unpaired) electrons. The number of para-hydroxylation sites is 1. The first-order valence-electron chi connectivity index (χ1n) is 11.1. The highest BCUT2D eigenvalue weighted by atomic mass is 35.5.